The molecule has 0 radical (unpaired) electrons. The Bertz CT molecular complexity index is 574. The molecule has 2 atom stereocenters. The van der Waals surface area contributed by atoms with Gasteiger partial charge < -0.3 is 14.5 Å². The van der Waals surface area contributed by atoms with Gasteiger partial charge in [-0.15, -0.1) is 0 Å². The maximum atomic E-state index is 12.7. The van der Waals surface area contributed by atoms with Crippen LogP contribution in [0.5, 0.6) is 0 Å². The molecule has 2 saturated heterocycles. The first-order chi connectivity index (χ1) is 10.5. The molecule has 0 N–H and O–H groups in total. The Kier molecular flexibility index (Phi) is 4.43. The van der Waals surface area contributed by atoms with Crippen LogP contribution in [-0.2, 0) is 16.1 Å². The van der Waals surface area contributed by atoms with Crippen LogP contribution in [0.3, 0.4) is 0 Å². The summed E-state index contributed by atoms with van der Waals surface area (Å²) in [4.78, 5) is 17.0. The number of ether oxygens (including phenoxy) is 1. The van der Waals surface area contributed by atoms with Gasteiger partial charge in [0, 0.05) is 19.6 Å². The molecule has 7 heteroatoms. The number of piperidine rings is 1. The first-order valence-corrected chi connectivity index (χ1v) is 8.14. The Morgan fingerprint density at radius 2 is 2.18 bits per heavy atom. The molecular weight excluding hydrogens is 304 g/mol. The van der Waals surface area contributed by atoms with Crippen LogP contribution >= 0.6 is 11.6 Å². The standard InChI is InChI=1S/C15H23ClN4O2/c1-10-15(16)11(2)20(17-10)9-14(21)19-6-7-22-13-4-5-18(3)8-12(13)19/h12-13H,4-9H2,1-3H3/t12-,13+/m1/s1. The van der Waals surface area contributed by atoms with Crippen LogP contribution < -0.4 is 0 Å². The third kappa shape index (κ3) is 2.87. The summed E-state index contributed by atoms with van der Waals surface area (Å²) in [6.07, 6.45) is 1.15. The van der Waals surface area contributed by atoms with E-state index in [4.69, 9.17) is 16.3 Å². The zero-order valence-corrected chi connectivity index (χ0v) is 14.1. The maximum Gasteiger partial charge on any atom is 0.244 e. The van der Waals surface area contributed by atoms with E-state index in [0.29, 0.717) is 18.2 Å². The fourth-order valence-corrected chi connectivity index (χ4v) is 3.52. The van der Waals surface area contributed by atoms with Crippen molar-refractivity contribution in [2.75, 3.05) is 33.3 Å². The van der Waals surface area contributed by atoms with E-state index < -0.39 is 0 Å². The van der Waals surface area contributed by atoms with E-state index >= 15 is 0 Å². The molecule has 0 bridgehead atoms. The van der Waals surface area contributed by atoms with E-state index in [1.807, 2.05) is 18.7 Å². The van der Waals surface area contributed by atoms with Crippen molar-refractivity contribution in [3.05, 3.63) is 16.4 Å². The van der Waals surface area contributed by atoms with Gasteiger partial charge in [-0.2, -0.15) is 5.10 Å². The van der Waals surface area contributed by atoms with Crippen LogP contribution in [0.15, 0.2) is 0 Å². The second-order valence-electron chi connectivity index (χ2n) is 6.26. The Labute approximate surface area is 136 Å². The van der Waals surface area contributed by atoms with Gasteiger partial charge >= 0.3 is 0 Å². The number of hydrogen-bond acceptors (Lipinski definition) is 4. The lowest BCUT2D eigenvalue weighted by Crippen LogP contribution is -2.61. The minimum atomic E-state index is 0.0934. The van der Waals surface area contributed by atoms with E-state index in [1.54, 1.807) is 4.68 Å². The fraction of sp³-hybridized carbons (Fsp3) is 0.733. The van der Waals surface area contributed by atoms with E-state index in [2.05, 4.69) is 17.0 Å². The number of likely N-dealkylation sites (N-methyl/N-ethyl adjacent to an activating group) is 1. The van der Waals surface area contributed by atoms with Gasteiger partial charge in [-0.3, -0.25) is 9.48 Å². The number of rotatable bonds is 2. The van der Waals surface area contributed by atoms with Gasteiger partial charge in [0.25, 0.3) is 0 Å². The van der Waals surface area contributed by atoms with Crippen molar-refractivity contribution >= 4 is 17.5 Å². The van der Waals surface area contributed by atoms with Crippen molar-refractivity contribution in [3.8, 4) is 0 Å². The van der Waals surface area contributed by atoms with Crippen molar-refractivity contribution in [3.63, 3.8) is 0 Å². The lowest BCUT2D eigenvalue weighted by molar-refractivity contribution is -0.152. The molecule has 2 fully saturated rings. The lowest BCUT2D eigenvalue weighted by atomic mass is 9.99. The highest BCUT2D eigenvalue weighted by Gasteiger charge is 2.38. The molecule has 0 saturated carbocycles. The summed E-state index contributed by atoms with van der Waals surface area (Å²) in [5, 5.41) is 5.00. The number of nitrogens with zero attached hydrogens (tertiary/aromatic N) is 4. The number of hydrogen-bond donors (Lipinski definition) is 0. The molecule has 1 amide bonds. The minimum absolute atomic E-state index is 0.0934. The average Bonchev–Trinajstić information content (AvgIpc) is 2.73. The molecule has 0 unspecified atom stereocenters. The number of aromatic nitrogens is 2. The smallest absolute Gasteiger partial charge is 0.244 e. The molecule has 0 aromatic carbocycles. The fourth-order valence-electron chi connectivity index (χ4n) is 3.39. The Morgan fingerprint density at radius 1 is 1.41 bits per heavy atom. The molecule has 122 valence electrons. The topological polar surface area (TPSA) is 50.6 Å². The van der Waals surface area contributed by atoms with Crippen LogP contribution in [0.1, 0.15) is 17.8 Å². The van der Waals surface area contributed by atoms with Gasteiger partial charge in [-0.1, -0.05) is 11.6 Å². The van der Waals surface area contributed by atoms with Crippen LogP contribution in [0.4, 0.5) is 0 Å². The van der Waals surface area contributed by atoms with Crippen molar-refractivity contribution in [1.82, 2.24) is 19.6 Å². The van der Waals surface area contributed by atoms with E-state index in [0.717, 1.165) is 30.9 Å². The summed E-state index contributed by atoms with van der Waals surface area (Å²) in [6, 6.07) is 0.146. The highest BCUT2D eigenvalue weighted by molar-refractivity contribution is 6.31. The quantitative estimate of drug-likeness (QED) is 0.816. The Balaban J connectivity index is 1.74. The molecule has 0 spiro atoms. The molecule has 3 heterocycles. The van der Waals surface area contributed by atoms with Crippen molar-refractivity contribution in [2.45, 2.75) is 39.0 Å². The maximum absolute atomic E-state index is 12.7. The molecule has 3 rings (SSSR count). The van der Waals surface area contributed by atoms with Gasteiger partial charge in [0.2, 0.25) is 5.91 Å². The largest absolute Gasteiger partial charge is 0.374 e. The van der Waals surface area contributed by atoms with Crippen LogP contribution in [-0.4, -0.2) is 70.9 Å². The van der Waals surface area contributed by atoms with Crippen LogP contribution in [0.25, 0.3) is 0 Å². The summed E-state index contributed by atoms with van der Waals surface area (Å²) < 4.78 is 7.55. The number of morpholine rings is 1. The van der Waals surface area contributed by atoms with Gasteiger partial charge in [0.15, 0.2) is 0 Å². The number of fused-ring (bicyclic) bond motifs is 1. The lowest BCUT2D eigenvalue weighted by Gasteiger charge is -2.46. The third-order valence-corrected chi connectivity index (χ3v) is 5.23. The predicted molar refractivity (Wildman–Crippen MR) is 84.1 cm³/mol. The molecule has 1 aromatic heterocycles. The van der Waals surface area contributed by atoms with E-state index in [1.165, 1.54) is 0 Å². The normalized spacial score (nSPS) is 26.1. The average molecular weight is 327 g/mol. The van der Waals surface area contributed by atoms with Crippen molar-refractivity contribution in [2.24, 2.45) is 0 Å². The van der Waals surface area contributed by atoms with Gasteiger partial charge in [-0.05, 0) is 27.3 Å². The Morgan fingerprint density at radius 3 is 2.86 bits per heavy atom. The minimum Gasteiger partial charge on any atom is -0.374 e. The molecule has 2 aliphatic rings. The monoisotopic (exact) mass is 326 g/mol. The number of carbonyl (C=O) groups excluding carboxylic acids is 1. The number of likely N-dealkylation sites (tertiary alicyclic amines) is 1. The summed E-state index contributed by atoms with van der Waals surface area (Å²) in [5.41, 5.74) is 1.61. The van der Waals surface area contributed by atoms with E-state index in [-0.39, 0.29) is 24.6 Å². The molecule has 2 aliphatic heterocycles. The summed E-state index contributed by atoms with van der Waals surface area (Å²) in [7, 11) is 2.09. The first-order valence-electron chi connectivity index (χ1n) is 7.76. The van der Waals surface area contributed by atoms with Crippen molar-refractivity contribution < 1.29 is 9.53 Å². The van der Waals surface area contributed by atoms with Gasteiger partial charge in [0.1, 0.15) is 6.54 Å². The SMILES string of the molecule is Cc1nn(CC(=O)N2CCO[C@H]3CCN(C)C[C@H]32)c(C)c1Cl. The highest BCUT2D eigenvalue weighted by Crippen LogP contribution is 2.24. The van der Waals surface area contributed by atoms with Crippen LogP contribution in [0.2, 0.25) is 5.02 Å². The first kappa shape index (κ1) is 15.8. The molecule has 6 nitrogen and oxygen atoms in total. The molecule has 1 aromatic rings. The number of aryl methyl sites for hydroxylation is 1. The van der Waals surface area contributed by atoms with Crippen molar-refractivity contribution in [1.29, 1.82) is 0 Å². The van der Waals surface area contributed by atoms with Crippen LogP contribution in [0, 0.1) is 13.8 Å². The van der Waals surface area contributed by atoms with Gasteiger partial charge in [0.05, 0.1) is 35.2 Å². The molecular formula is C15H23ClN4O2. The zero-order chi connectivity index (χ0) is 15.9. The summed E-state index contributed by atoms with van der Waals surface area (Å²) >= 11 is 6.16. The zero-order valence-electron chi connectivity index (χ0n) is 13.4. The number of halogens is 1. The van der Waals surface area contributed by atoms with Gasteiger partial charge in [-0.25, -0.2) is 0 Å². The third-order valence-electron chi connectivity index (χ3n) is 4.69. The molecule has 22 heavy (non-hydrogen) atoms. The number of carbonyl (C=O) groups is 1. The molecule has 0 aliphatic carbocycles. The van der Waals surface area contributed by atoms with E-state index in [9.17, 15) is 4.79 Å². The predicted octanol–water partition coefficient (Wildman–Crippen LogP) is 1.08. The Hall–Kier alpha value is -1.11. The summed E-state index contributed by atoms with van der Waals surface area (Å²) in [5.74, 6) is 0.0934. The second-order valence-corrected chi connectivity index (χ2v) is 6.64. The highest BCUT2D eigenvalue weighted by atomic mass is 35.5. The summed E-state index contributed by atoms with van der Waals surface area (Å²) in [6.45, 7) is 7.16. The number of amides is 1. The second kappa shape index (κ2) is 6.18.